The molecule has 2 aromatic carbocycles. The summed E-state index contributed by atoms with van der Waals surface area (Å²) in [6, 6.07) is 16.0. The maximum atomic E-state index is 11.3. The first-order valence-corrected chi connectivity index (χ1v) is 8.42. The van der Waals surface area contributed by atoms with Gasteiger partial charge in [-0.3, -0.25) is 5.41 Å². The minimum atomic E-state index is -3.71. The zero-order chi connectivity index (χ0) is 16.9. The second kappa shape index (κ2) is 7.17. The number of nitrogens with two attached hydrogens (primary N) is 1. The molecule has 6 nitrogen and oxygen atoms in total. The molecule has 2 rings (SSSR count). The van der Waals surface area contributed by atoms with Crippen LogP contribution in [0.1, 0.15) is 5.56 Å². The van der Waals surface area contributed by atoms with Crippen molar-refractivity contribution < 1.29 is 8.42 Å². The van der Waals surface area contributed by atoms with Gasteiger partial charge in [-0.15, -0.1) is 0 Å². The van der Waals surface area contributed by atoms with E-state index in [2.05, 4.69) is 4.99 Å². The van der Waals surface area contributed by atoms with Gasteiger partial charge in [-0.1, -0.05) is 30.3 Å². The van der Waals surface area contributed by atoms with Gasteiger partial charge in [0, 0.05) is 19.2 Å². The monoisotopic (exact) mass is 330 g/mol. The SMILES string of the molecule is CN(/C(Cc1ccccc1)=N\C=N)c1ccc(S(N)(=O)=O)cc1. The van der Waals surface area contributed by atoms with E-state index in [-0.39, 0.29) is 4.90 Å². The van der Waals surface area contributed by atoms with Crippen LogP contribution in [0.5, 0.6) is 0 Å². The van der Waals surface area contributed by atoms with Crippen molar-refractivity contribution in [2.75, 3.05) is 11.9 Å². The van der Waals surface area contributed by atoms with E-state index in [9.17, 15) is 8.42 Å². The first-order chi connectivity index (χ1) is 10.9. The average molecular weight is 330 g/mol. The molecule has 2 aromatic rings. The Morgan fingerprint density at radius 1 is 1.17 bits per heavy atom. The summed E-state index contributed by atoms with van der Waals surface area (Å²) in [4.78, 5) is 5.98. The van der Waals surface area contributed by atoms with Gasteiger partial charge >= 0.3 is 0 Å². The molecule has 7 heteroatoms. The number of rotatable bonds is 5. The molecule has 0 bridgehead atoms. The molecule has 0 saturated heterocycles. The van der Waals surface area contributed by atoms with Crippen molar-refractivity contribution >= 4 is 27.9 Å². The lowest BCUT2D eigenvalue weighted by atomic mass is 10.1. The van der Waals surface area contributed by atoms with Crippen LogP contribution in [0.15, 0.2) is 64.5 Å². The Labute approximate surface area is 135 Å². The van der Waals surface area contributed by atoms with Gasteiger partial charge in [0.15, 0.2) is 0 Å². The number of sulfonamides is 1. The number of likely N-dealkylation sites (N-methyl/N-ethyl adjacent to an activating group) is 1. The molecular weight excluding hydrogens is 312 g/mol. The van der Waals surface area contributed by atoms with Gasteiger partial charge in [0.2, 0.25) is 10.0 Å². The fraction of sp³-hybridized carbons (Fsp3) is 0.125. The van der Waals surface area contributed by atoms with Crippen LogP contribution in [0.4, 0.5) is 5.69 Å². The molecule has 0 atom stereocenters. The standard InChI is InChI=1S/C16H18N4O2S/c1-20(14-7-9-15(10-8-14)23(18,21)22)16(19-12-17)11-13-5-3-2-4-6-13/h2-10,12,17H,11H2,1H3,(H2,18,21,22)/b17-12?,19-16-. The van der Waals surface area contributed by atoms with Crippen LogP contribution in [0.2, 0.25) is 0 Å². The minimum Gasteiger partial charge on any atom is -0.333 e. The van der Waals surface area contributed by atoms with Gasteiger partial charge in [-0.05, 0) is 29.8 Å². The highest BCUT2D eigenvalue weighted by molar-refractivity contribution is 7.89. The van der Waals surface area contributed by atoms with Gasteiger partial charge in [-0.2, -0.15) is 0 Å². The molecule has 0 aliphatic rings. The maximum absolute atomic E-state index is 11.3. The van der Waals surface area contributed by atoms with Crippen LogP contribution in [-0.4, -0.2) is 27.6 Å². The van der Waals surface area contributed by atoms with Gasteiger partial charge in [0.05, 0.1) is 4.90 Å². The molecule has 0 radical (unpaired) electrons. The molecule has 0 aromatic heterocycles. The first kappa shape index (κ1) is 16.9. The fourth-order valence-electron chi connectivity index (χ4n) is 2.11. The lowest BCUT2D eigenvalue weighted by Gasteiger charge is -2.21. The van der Waals surface area contributed by atoms with Crippen molar-refractivity contribution in [3.05, 3.63) is 60.2 Å². The third kappa shape index (κ3) is 4.48. The first-order valence-electron chi connectivity index (χ1n) is 6.88. The predicted molar refractivity (Wildman–Crippen MR) is 92.6 cm³/mol. The zero-order valence-corrected chi connectivity index (χ0v) is 13.5. The number of aliphatic imine (C=N–C) groups is 1. The van der Waals surface area contributed by atoms with Crippen LogP contribution >= 0.6 is 0 Å². The van der Waals surface area contributed by atoms with Gasteiger partial charge in [0.1, 0.15) is 12.2 Å². The normalized spacial score (nSPS) is 12.0. The number of amidine groups is 1. The maximum Gasteiger partial charge on any atom is 0.238 e. The van der Waals surface area contributed by atoms with E-state index < -0.39 is 10.0 Å². The Balaban J connectivity index is 2.26. The molecular formula is C16H18N4O2S. The van der Waals surface area contributed by atoms with E-state index in [1.807, 2.05) is 42.3 Å². The Bertz CT molecular complexity index is 800. The van der Waals surface area contributed by atoms with E-state index in [1.165, 1.54) is 12.1 Å². The smallest absolute Gasteiger partial charge is 0.238 e. The molecule has 3 N–H and O–H groups in total. The van der Waals surface area contributed by atoms with E-state index in [0.29, 0.717) is 12.3 Å². The second-order valence-electron chi connectivity index (χ2n) is 4.93. The van der Waals surface area contributed by atoms with E-state index in [1.54, 1.807) is 12.1 Å². The van der Waals surface area contributed by atoms with E-state index >= 15 is 0 Å². The number of nitrogens with zero attached hydrogens (tertiary/aromatic N) is 2. The van der Waals surface area contributed by atoms with Crippen molar-refractivity contribution in [1.29, 1.82) is 5.41 Å². The van der Waals surface area contributed by atoms with Crippen molar-refractivity contribution in [3.63, 3.8) is 0 Å². The summed E-state index contributed by atoms with van der Waals surface area (Å²) in [5, 5.41) is 12.3. The van der Waals surface area contributed by atoms with E-state index in [0.717, 1.165) is 17.6 Å². The molecule has 0 unspecified atom stereocenters. The average Bonchev–Trinajstić information content (AvgIpc) is 2.54. The third-order valence-electron chi connectivity index (χ3n) is 3.36. The Hall–Kier alpha value is -2.51. The summed E-state index contributed by atoms with van der Waals surface area (Å²) in [7, 11) is -1.89. The Kier molecular flexibility index (Phi) is 5.25. The third-order valence-corrected chi connectivity index (χ3v) is 4.29. The largest absolute Gasteiger partial charge is 0.333 e. The van der Waals surface area contributed by atoms with Gasteiger partial charge < -0.3 is 4.90 Å². The van der Waals surface area contributed by atoms with Crippen molar-refractivity contribution in [1.82, 2.24) is 0 Å². The van der Waals surface area contributed by atoms with E-state index in [4.69, 9.17) is 10.5 Å². The molecule has 23 heavy (non-hydrogen) atoms. The zero-order valence-electron chi connectivity index (χ0n) is 12.7. The fourth-order valence-corrected chi connectivity index (χ4v) is 2.63. The highest BCUT2D eigenvalue weighted by atomic mass is 32.2. The quantitative estimate of drug-likeness (QED) is 0.648. The van der Waals surface area contributed by atoms with Crippen LogP contribution in [0.3, 0.4) is 0 Å². The Morgan fingerprint density at radius 3 is 2.30 bits per heavy atom. The number of benzene rings is 2. The lowest BCUT2D eigenvalue weighted by molar-refractivity contribution is 0.598. The van der Waals surface area contributed by atoms with Crippen molar-refractivity contribution in [2.45, 2.75) is 11.3 Å². The number of hydrogen-bond acceptors (Lipinski definition) is 3. The molecule has 0 aliphatic carbocycles. The number of anilines is 1. The van der Waals surface area contributed by atoms with Crippen molar-refractivity contribution in [3.8, 4) is 0 Å². The van der Waals surface area contributed by atoms with Crippen LogP contribution < -0.4 is 10.0 Å². The summed E-state index contributed by atoms with van der Waals surface area (Å²) < 4.78 is 22.6. The number of primary sulfonamides is 1. The van der Waals surface area contributed by atoms with Crippen molar-refractivity contribution in [2.24, 2.45) is 10.1 Å². The van der Waals surface area contributed by atoms with Crippen LogP contribution in [0.25, 0.3) is 0 Å². The number of nitrogens with one attached hydrogen (secondary N) is 1. The molecule has 0 fully saturated rings. The van der Waals surface area contributed by atoms with Crippen LogP contribution in [0, 0.1) is 5.41 Å². The molecule has 0 aliphatic heterocycles. The summed E-state index contributed by atoms with van der Waals surface area (Å²) in [5.74, 6) is 0.676. The number of hydrogen-bond donors (Lipinski definition) is 2. The summed E-state index contributed by atoms with van der Waals surface area (Å²) in [6.45, 7) is 0. The molecule has 0 amide bonds. The molecule has 0 heterocycles. The summed E-state index contributed by atoms with van der Waals surface area (Å²) in [5.41, 5.74) is 1.83. The summed E-state index contributed by atoms with van der Waals surface area (Å²) in [6.07, 6.45) is 1.55. The Morgan fingerprint density at radius 2 is 1.78 bits per heavy atom. The van der Waals surface area contributed by atoms with Gasteiger partial charge in [-0.25, -0.2) is 18.5 Å². The van der Waals surface area contributed by atoms with Crippen LogP contribution in [-0.2, 0) is 16.4 Å². The lowest BCUT2D eigenvalue weighted by Crippen LogP contribution is -2.28. The van der Waals surface area contributed by atoms with Gasteiger partial charge in [0.25, 0.3) is 0 Å². The molecule has 120 valence electrons. The topological polar surface area (TPSA) is 99.6 Å². The highest BCUT2D eigenvalue weighted by Gasteiger charge is 2.12. The molecule has 0 spiro atoms. The predicted octanol–water partition coefficient (Wildman–Crippen LogP) is 2.02. The minimum absolute atomic E-state index is 0.0586. The summed E-state index contributed by atoms with van der Waals surface area (Å²) >= 11 is 0. The second-order valence-corrected chi connectivity index (χ2v) is 6.50. The molecule has 0 saturated carbocycles. The highest BCUT2D eigenvalue weighted by Crippen LogP contribution is 2.18.